The molecular weight excluding hydrogens is 327 g/mol. The van der Waals surface area contributed by atoms with Gasteiger partial charge in [-0.2, -0.15) is 0 Å². The summed E-state index contributed by atoms with van der Waals surface area (Å²) in [5.74, 6) is 0.672. The van der Waals surface area contributed by atoms with Crippen LogP contribution in [0.4, 0.5) is 5.69 Å². The number of nitro groups is 1. The summed E-state index contributed by atoms with van der Waals surface area (Å²) in [6.45, 7) is 1.19. The number of fused-ring (bicyclic) bond motifs is 1. The first-order valence-corrected chi connectivity index (χ1v) is 6.93. The number of ether oxygens (including phenoxy) is 1. The van der Waals surface area contributed by atoms with Crippen molar-refractivity contribution in [3.05, 3.63) is 68.7 Å². The van der Waals surface area contributed by atoms with E-state index in [1.165, 1.54) is 6.07 Å². The fraction of sp³-hybridized carbons (Fsp3) is 0.200. The lowest BCUT2D eigenvalue weighted by molar-refractivity contribution is -0.384. The van der Waals surface area contributed by atoms with Gasteiger partial charge in [-0.25, -0.2) is 0 Å². The lowest BCUT2D eigenvalue weighted by atomic mass is 9.97. The van der Waals surface area contributed by atoms with Crippen LogP contribution in [-0.4, -0.2) is 18.1 Å². The molecule has 0 saturated carbocycles. The van der Waals surface area contributed by atoms with E-state index in [9.17, 15) is 10.1 Å². The van der Waals surface area contributed by atoms with Crippen molar-refractivity contribution in [2.24, 2.45) is 0 Å². The Morgan fingerprint density at radius 1 is 1.23 bits per heavy atom. The van der Waals surface area contributed by atoms with E-state index in [1.807, 2.05) is 12.1 Å². The molecule has 1 atom stereocenters. The summed E-state index contributed by atoms with van der Waals surface area (Å²) in [7, 11) is 0. The first-order valence-electron chi connectivity index (χ1n) is 6.55. The van der Waals surface area contributed by atoms with Gasteiger partial charge in [0, 0.05) is 29.3 Å². The van der Waals surface area contributed by atoms with Gasteiger partial charge in [0.15, 0.2) is 0 Å². The number of non-ortho nitro benzene ring substituents is 1. The molecule has 2 aromatic carbocycles. The van der Waals surface area contributed by atoms with Crippen LogP contribution in [0.1, 0.15) is 17.2 Å². The molecule has 1 N–H and O–H groups in total. The Morgan fingerprint density at radius 3 is 2.64 bits per heavy atom. The van der Waals surface area contributed by atoms with E-state index >= 15 is 0 Å². The normalized spacial score (nSPS) is 16.7. The van der Waals surface area contributed by atoms with Gasteiger partial charge in [-0.15, -0.1) is 12.4 Å². The number of nitrogens with zero attached hydrogens (tertiary/aromatic N) is 1. The zero-order valence-corrected chi connectivity index (χ0v) is 13.1. The molecule has 0 aromatic heterocycles. The monoisotopic (exact) mass is 340 g/mol. The zero-order valence-electron chi connectivity index (χ0n) is 11.5. The van der Waals surface area contributed by atoms with Crippen LogP contribution in [0.3, 0.4) is 0 Å². The minimum absolute atomic E-state index is 0. The van der Waals surface area contributed by atoms with Gasteiger partial charge in [0.1, 0.15) is 12.4 Å². The maximum absolute atomic E-state index is 11.0. The third-order valence-electron chi connectivity index (χ3n) is 3.43. The van der Waals surface area contributed by atoms with E-state index in [4.69, 9.17) is 16.3 Å². The smallest absolute Gasteiger partial charge is 0.270 e. The number of hydrogen-bond acceptors (Lipinski definition) is 4. The van der Waals surface area contributed by atoms with Crippen molar-refractivity contribution in [3.63, 3.8) is 0 Å². The molecule has 0 bridgehead atoms. The second-order valence-electron chi connectivity index (χ2n) is 4.77. The molecule has 0 fully saturated rings. The Bertz CT molecular complexity index is 677. The van der Waals surface area contributed by atoms with E-state index in [0.29, 0.717) is 23.9 Å². The van der Waals surface area contributed by atoms with Crippen molar-refractivity contribution in [1.29, 1.82) is 0 Å². The summed E-state index contributed by atoms with van der Waals surface area (Å²) in [5, 5.41) is 15.0. The molecule has 5 nitrogen and oxygen atoms in total. The third kappa shape index (κ3) is 3.32. The van der Waals surface area contributed by atoms with E-state index in [2.05, 4.69) is 5.32 Å². The largest absolute Gasteiger partial charge is 0.492 e. The number of hydrogen-bond donors (Lipinski definition) is 1. The minimum atomic E-state index is -0.399. The highest BCUT2D eigenvalue weighted by atomic mass is 35.5. The molecule has 1 heterocycles. The summed E-state index contributed by atoms with van der Waals surface area (Å²) >= 11 is 5.92. The average molecular weight is 341 g/mol. The number of nitrogens with one attached hydrogen (secondary N) is 1. The molecule has 1 unspecified atom stereocenters. The summed E-state index contributed by atoms with van der Waals surface area (Å²) < 4.78 is 5.65. The van der Waals surface area contributed by atoms with Gasteiger partial charge in [0.25, 0.3) is 5.69 Å². The highest BCUT2D eigenvalue weighted by Gasteiger charge is 2.23. The Hall–Kier alpha value is -1.82. The van der Waals surface area contributed by atoms with Crippen molar-refractivity contribution in [2.45, 2.75) is 6.04 Å². The molecule has 0 spiro atoms. The van der Waals surface area contributed by atoms with Crippen LogP contribution in [0, 0.1) is 10.1 Å². The van der Waals surface area contributed by atoms with Crippen LogP contribution in [0.5, 0.6) is 5.75 Å². The molecule has 7 heteroatoms. The Balaban J connectivity index is 0.00000176. The Labute approximate surface area is 138 Å². The van der Waals surface area contributed by atoms with Crippen molar-refractivity contribution >= 4 is 29.7 Å². The second-order valence-corrected chi connectivity index (χ2v) is 5.20. The predicted octanol–water partition coefficient (Wildman–Crippen LogP) is 3.74. The highest BCUT2D eigenvalue weighted by Crippen LogP contribution is 2.34. The maximum Gasteiger partial charge on any atom is 0.270 e. The summed E-state index contributed by atoms with van der Waals surface area (Å²) in [4.78, 5) is 10.6. The second kappa shape index (κ2) is 6.96. The zero-order chi connectivity index (χ0) is 14.8. The van der Waals surface area contributed by atoms with Gasteiger partial charge in [0.05, 0.1) is 11.0 Å². The van der Waals surface area contributed by atoms with Crippen LogP contribution < -0.4 is 10.1 Å². The maximum atomic E-state index is 11.0. The topological polar surface area (TPSA) is 64.4 Å². The lowest BCUT2D eigenvalue weighted by Crippen LogP contribution is -2.23. The standard InChI is InChI=1S/C15H13ClN2O3.ClH/c16-11-3-1-10(2-4-11)15-13-9-12(18(19)20)5-6-14(13)21-8-7-17-15;/h1-6,9,15,17H,7-8H2;1H. The van der Waals surface area contributed by atoms with Crippen LogP contribution >= 0.6 is 24.0 Å². The number of nitro benzene ring substituents is 1. The summed E-state index contributed by atoms with van der Waals surface area (Å²) in [6, 6.07) is 12.0. The van der Waals surface area contributed by atoms with Gasteiger partial charge in [-0.3, -0.25) is 10.1 Å². The van der Waals surface area contributed by atoms with Crippen molar-refractivity contribution in [1.82, 2.24) is 5.32 Å². The number of rotatable bonds is 2. The first kappa shape index (κ1) is 16.5. The summed E-state index contributed by atoms with van der Waals surface area (Å²) in [6.07, 6.45) is 0. The fourth-order valence-electron chi connectivity index (χ4n) is 2.43. The fourth-order valence-corrected chi connectivity index (χ4v) is 2.56. The van der Waals surface area contributed by atoms with E-state index in [0.717, 1.165) is 11.1 Å². The minimum Gasteiger partial charge on any atom is -0.492 e. The molecule has 2 aromatic rings. The van der Waals surface area contributed by atoms with Gasteiger partial charge >= 0.3 is 0 Å². The van der Waals surface area contributed by atoms with E-state index in [-0.39, 0.29) is 24.1 Å². The van der Waals surface area contributed by atoms with Gasteiger partial charge < -0.3 is 10.1 Å². The van der Waals surface area contributed by atoms with Crippen LogP contribution in [0.25, 0.3) is 0 Å². The molecule has 0 amide bonds. The lowest BCUT2D eigenvalue weighted by Gasteiger charge is -2.18. The molecule has 0 saturated heterocycles. The molecule has 1 aliphatic rings. The molecule has 0 aliphatic carbocycles. The number of benzene rings is 2. The van der Waals surface area contributed by atoms with Crippen molar-refractivity contribution < 1.29 is 9.66 Å². The van der Waals surface area contributed by atoms with Crippen molar-refractivity contribution in [3.8, 4) is 5.75 Å². The molecular formula is C15H14Cl2N2O3. The Kier molecular flexibility index (Phi) is 5.24. The predicted molar refractivity (Wildman–Crippen MR) is 87.1 cm³/mol. The van der Waals surface area contributed by atoms with Gasteiger partial charge in [-0.1, -0.05) is 23.7 Å². The first-order chi connectivity index (χ1) is 10.1. The molecule has 0 radical (unpaired) electrons. The third-order valence-corrected chi connectivity index (χ3v) is 3.68. The average Bonchev–Trinajstić information content (AvgIpc) is 2.69. The van der Waals surface area contributed by atoms with Crippen LogP contribution in [0.2, 0.25) is 5.02 Å². The van der Waals surface area contributed by atoms with E-state index < -0.39 is 4.92 Å². The van der Waals surface area contributed by atoms with E-state index in [1.54, 1.807) is 24.3 Å². The Morgan fingerprint density at radius 2 is 1.95 bits per heavy atom. The molecule has 116 valence electrons. The summed E-state index contributed by atoms with van der Waals surface area (Å²) in [5.41, 5.74) is 1.82. The SMILES string of the molecule is Cl.O=[N+]([O-])c1ccc2c(c1)C(c1ccc(Cl)cc1)NCCO2. The van der Waals surface area contributed by atoms with Crippen molar-refractivity contribution in [2.75, 3.05) is 13.2 Å². The quantitative estimate of drug-likeness (QED) is 0.668. The van der Waals surface area contributed by atoms with Crippen LogP contribution in [-0.2, 0) is 0 Å². The van der Waals surface area contributed by atoms with Gasteiger partial charge in [-0.05, 0) is 23.8 Å². The van der Waals surface area contributed by atoms with Gasteiger partial charge in [0.2, 0.25) is 0 Å². The molecule has 1 aliphatic heterocycles. The van der Waals surface area contributed by atoms with Crippen LogP contribution in [0.15, 0.2) is 42.5 Å². The molecule has 3 rings (SSSR count). The molecule has 22 heavy (non-hydrogen) atoms. The highest BCUT2D eigenvalue weighted by molar-refractivity contribution is 6.30. The number of halogens is 2.